The smallest absolute Gasteiger partial charge is 0.189 e. The molecule has 5 nitrogen and oxygen atoms in total. The number of nitrogens with one attached hydrogen (secondary N) is 1. The van der Waals surface area contributed by atoms with Gasteiger partial charge in [0.25, 0.3) is 0 Å². The second-order valence-electron chi connectivity index (χ2n) is 6.49. The molecule has 0 amide bonds. The van der Waals surface area contributed by atoms with E-state index in [2.05, 4.69) is 49.8 Å². The van der Waals surface area contributed by atoms with Crippen LogP contribution < -0.4 is 11.1 Å². The highest BCUT2D eigenvalue weighted by Gasteiger charge is 2.29. The van der Waals surface area contributed by atoms with E-state index in [9.17, 15) is 0 Å². The lowest BCUT2D eigenvalue weighted by Gasteiger charge is -2.41. The number of nitrogens with zero attached hydrogens (tertiary/aromatic N) is 2. The molecule has 0 aromatic heterocycles. The highest BCUT2D eigenvalue weighted by atomic mass is 16.5. The van der Waals surface area contributed by atoms with Crippen molar-refractivity contribution in [1.29, 1.82) is 0 Å². The number of morpholine rings is 1. The van der Waals surface area contributed by atoms with Gasteiger partial charge in [0.2, 0.25) is 0 Å². The molecule has 1 aliphatic heterocycles. The van der Waals surface area contributed by atoms with Crippen molar-refractivity contribution in [3.63, 3.8) is 0 Å². The maximum atomic E-state index is 5.84. The molecule has 0 bridgehead atoms. The minimum absolute atomic E-state index is 0.0359. The lowest BCUT2D eigenvalue weighted by molar-refractivity contribution is -0.0491. The first-order valence-electron chi connectivity index (χ1n) is 6.62. The highest BCUT2D eigenvalue weighted by Crippen LogP contribution is 2.18. The van der Waals surface area contributed by atoms with Crippen LogP contribution in [0.25, 0.3) is 0 Å². The lowest BCUT2D eigenvalue weighted by Crippen LogP contribution is -2.53. The Morgan fingerprint density at radius 2 is 2.11 bits per heavy atom. The van der Waals surface area contributed by atoms with Crippen molar-refractivity contribution in [1.82, 2.24) is 10.2 Å². The first-order chi connectivity index (χ1) is 8.21. The summed E-state index contributed by atoms with van der Waals surface area (Å²) < 4.78 is 5.49. The monoisotopic (exact) mass is 256 g/mol. The van der Waals surface area contributed by atoms with Crippen molar-refractivity contribution in [2.75, 3.05) is 32.8 Å². The van der Waals surface area contributed by atoms with Crippen LogP contribution in [0.2, 0.25) is 0 Å². The largest absolute Gasteiger partial charge is 0.378 e. The summed E-state index contributed by atoms with van der Waals surface area (Å²) in [7, 11) is 0. The van der Waals surface area contributed by atoms with Gasteiger partial charge in [0, 0.05) is 24.2 Å². The molecule has 3 N–H and O–H groups in total. The molecular weight excluding hydrogens is 228 g/mol. The fraction of sp³-hybridized carbons (Fsp3) is 0.923. The molecule has 0 radical (unpaired) electrons. The van der Waals surface area contributed by atoms with E-state index >= 15 is 0 Å². The molecule has 106 valence electrons. The molecule has 1 saturated heterocycles. The summed E-state index contributed by atoms with van der Waals surface area (Å²) in [6.45, 7) is 14.8. The van der Waals surface area contributed by atoms with Crippen LogP contribution in [0.3, 0.4) is 0 Å². The number of guanidine groups is 1. The topological polar surface area (TPSA) is 62.9 Å². The molecule has 1 rings (SSSR count). The van der Waals surface area contributed by atoms with Crippen molar-refractivity contribution in [2.24, 2.45) is 10.7 Å². The molecule has 1 fully saturated rings. The summed E-state index contributed by atoms with van der Waals surface area (Å²) in [5, 5.41) is 3.16. The number of ether oxygens (including phenoxy) is 1. The van der Waals surface area contributed by atoms with Crippen LogP contribution in [0, 0.1) is 0 Å². The fourth-order valence-corrected chi connectivity index (χ4v) is 2.02. The predicted octanol–water partition coefficient (Wildman–Crippen LogP) is 0.800. The zero-order valence-electron chi connectivity index (χ0n) is 12.4. The predicted molar refractivity (Wildman–Crippen MR) is 75.8 cm³/mol. The van der Waals surface area contributed by atoms with E-state index in [-0.39, 0.29) is 11.1 Å². The van der Waals surface area contributed by atoms with Crippen molar-refractivity contribution >= 4 is 5.96 Å². The van der Waals surface area contributed by atoms with Crippen LogP contribution in [0.1, 0.15) is 34.6 Å². The number of hydrogen-bond acceptors (Lipinski definition) is 3. The van der Waals surface area contributed by atoms with E-state index in [0.29, 0.717) is 5.96 Å². The van der Waals surface area contributed by atoms with Crippen molar-refractivity contribution in [2.45, 2.75) is 45.7 Å². The molecule has 0 spiro atoms. The van der Waals surface area contributed by atoms with Crippen LogP contribution in [-0.4, -0.2) is 54.8 Å². The van der Waals surface area contributed by atoms with Crippen molar-refractivity contribution < 1.29 is 4.74 Å². The average molecular weight is 256 g/mol. The Bertz CT molecular complexity index is 294. The number of aliphatic imine (C=N–C) groups is 1. The van der Waals surface area contributed by atoms with Gasteiger partial charge in [-0.25, -0.2) is 0 Å². The Morgan fingerprint density at radius 1 is 1.44 bits per heavy atom. The first kappa shape index (κ1) is 15.2. The minimum atomic E-state index is -0.0359. The van der Waals surface area contributed by atoms with E-state index in [1.54, 1.807) is 0 Å². The summed E-state index contributed by atoms with van der Waals surface area (Å²) in [5.74, 6) is 0.522. The van der Waals surface area contributed by atoms with Gasteiger partial charge in [0.05, 0.1) is 19.8 Å². The molecule has 1 heterocycles. The SMILES string of the molecule is CC(C)(C)NC(N)=NCCN1CCOCC1(C)C. The standard InChI is InChI=1S/C13H28N4O/c1-12(2,3)16-11(14)15-6-7-17-8-9-18-10-13(17,4)5/h6-10H2,1-5H3,(H3,14,15,16). The summed E-state index contributed by atoms with van der Waals surface area (Å²) in [5.41, 5.74) is 5.90. The summed E-state index contributed by atoms with van der Waals surface area (Å²) in [6, 6.07) is 0. The van der Waals surface area contributed by atoms with E-state index in [1.165, 1.54) is 0 Å². The number of nitrogens with two attached hydrogens (primary N) is 1. The molecule has 0 saturated carbocycles. The molecule has 5 heteroatoms. The van der Waals surface area contributed by atoms with Gasteiger partial charge in [0.1, 0.15) is 0 Å². The van der Waals surface area contributed by atoms with Crippen LogP contribution in [0.5, 0.6) is 0 Å². The van der Waals surface area contributed by atoms with E-state index in [1.807, 2.05) is 0 Å². The fourth-order valence-electron chi connectivity index (χ4n) is 2.02. The maximum absolute atomic E-state index is 5.84. The van der Waals surface area contributed by atoms with Crippen LogP contribution in [-0.2, 0) is 4.74 Å². The third kappa shape index (κ3) is 5.23. The first-order valence-corrected chi connectivity index (χ1v) is 6.62. The van der Waals surface area contributed by atoms with Gasteiger partial charge >= 0.3 is 0 Å². The van der Waals surface area contributed by atoms with Crippen LogP contribution in [0.4, 0.5) is 0 Å². The summed E-state index contributed by atoms with van der Waals surface area (Å²) in [6.07, 6.45) is 0. The molecular formula is C13H28N4O. The molecule has 18 heavy (non-hydrogen) atoms. The maximum Gasteiger partial charge on any atom is 0.189 e. The number of hydrogen-bond donors (Lipinski definition) is 2. The van der Waals surface area contributed by atoms with Crippen LogP contribution in [0.15, 0.2) is 4.99 Å². The molecule has 0 aliphatic carbocycles. The number of rotatable bonds is 3. The van der Waals surface area contributed by atoms with E-state index in [4.69, 9.17) is 10.5 Å². The Balaban J connectivity index is 2.38. The third-order valence-corrected chi connectivity index (χ3v) is 2.97. The van der Waals surface area contributed by atoms with Gasteiger partial charge in [-0.05, 0) is 34.6 Å². The summed E-state index contributed by atoms with van der Waals surface area (Å²) in [4.78, 5) is 6.78. The van der Waals surface area contributed by atoms with Gasteiger partial charge < -0.3 is 15.8 Å². The Kier molecular flexibility index (Phi) is 4.99. The van der Waals surface area contributed by atoms with Crippen molar-refractivity contribution in [3.05, 3.63) is 0 Å². The summed E-state index contributed by atoms with van der Waals surface area (Å²) >= 11 is 0. The molecule has 0 unspecified atom stereocenters. The lowest BCUT2D eigenvalue weighted by atomic mass is 10.0. The Morgan fingerprint density at radius 3 is 2.67 bits per heavy atom. The highest BCUT2D eigenvalue weighted by molar-refractivity contribution is 5.78. The average Bonchev–Trinajstić information content (AvgIpc) is 2.17. The quantitative estimate of drug-likeness (QED) is 0.579. The Hall–Kier alpha value is -0.810. The second-order valence-corrected chi connectivity index (χ2v) is 6.49. The molecule has 0 atom stereocenters. The minimum Gasteiger partial charge on any atom is -0.378 e. The van der Waals surface area contributed by atoms with Crippen molar-refractivity contribution in [3.8, 4) is 0 Å². The van der Waals surface area contributed by atoms with Gasteiger partial charge in [0.15, 0.2) is 5.96 Å². The van der Waals surface area contributed by atoms with Crippen LogP contribution >= 0.6 is 0 Å². The molecule has 1 aliphatic rings. The van der Waals surface area contributed by atoms with E-state index < -0.39 is 0 Å². The van der Waals surface area contributed by atoms with Gasteiger partial charge in [-0.3, -0.25) is 9.89 Å². The normalized spacial score (nSPS) is 21.9. The zero-order valence-corrected chi connectivity index (χ0v) is 12.4. The Labute approximate surface area is 111 Å². The zero-order chi connectivity index (χ0) is 13.8. The van der Waals surface area contributed by atoms with E-state index in [0.717, 1.165) is 32.8 Å². The van der Waals surface area contributed by atoms with Gasteiger partial charge in [-0.15, -0.1) is 0 Å². The third-order valence-electron chi connectivity index (χ3n) is 2.97. The second kappa shape index (κ2) is 5.89. The molecule has 0 aromatic carbocycles. The molecule has 0 aromatic rings. The van der Waals surface area contributed by atoms with Gasteiger partial charge in [-0.2, -0.15) is 0 Å². The van der Waals surface area contributed by atoms with Gasteiger partial charge in [-0.1, -0.05) is 0 Å².